The van der Waals surface area contributed by atoms with Crippen LogP contribution in [0.4, 0.5) is 0 Å². The lowest BCUT2D eigenvalue weighted by atomic mass is 9.47. The van der Waals surface area contributed by atoms with Crippen molar-refractivity contribution in [3.05, 3.63) is 11.6 Å². The molecule has 1 N–H and O–H groups in total. The maximum Gasteiger partial charge on any atom is 0.472 e. The van der Waals surface area contributed by atoms with Gasteiger partial charge in [-0.05, 0) is 97.7 Å². The molecular formula is C36H65NO6P+. The molecule has 44 heavy (non-hydrogen) atoms. The number of carbonyl (C=O) groups is 1. The molecule has 9 atom stereocenters. The van der Waals surface area contributed by atoms with Crippen LogP contribution in [0.15, 0.2) is 11.6 Å². The van der Waals surface area contributed by atoms with Gasteiger partial charge in [-0.15, -0.1) is 0 Å². The third-order valence-corrected chi connectivity index (χ3v) is 13.4. The van der Waals surface area contributed by atoms with E-state index in [0.717, 1.165) is 54.8 Å². The van der Waals surface area contributed by atoms with Crippen molar-refractivity contribution in [2.24, 2.45) is 46.3 Å². The molecule has 0 heterocycles. The minimum absolute atomic E-state index is 0.0120. The van der Waals surface area contributed by atoms with Crippen LogP contribution in [0.25, 0.3) is 0 Å². The Hall–Kier alpha value is -0.720. The summed E-state index contributed by atoms with van der Waals surface area (Å²) in [5, 5.41) is 0. The molecular weight excluding hydrogens is 573 g/mol. The van der Waals surface area contributed by atoms with Gasteiger partial charge in [-0.3, -0.25) is 13.8 Å². The largest absolute Gasteiger partial charge is 0.472 e. The third kappa shape index (κ3) is 8.79. The Morgan fingerprint density at radius 3 is 2.43 bits per heavy atom. The molecule has 254 valence electrons. The standard InChI is InChI=1S/C36H64NO6P/c1-26(2)11-9-12-27(3)31-16-17-32-30-15-14-28-25-29(18-20-35(28,4)33(30)19-21-36(31,32)5)43-34(38)13-10-23-41-44(39,40)42-24-22-37(6,7)8/h14,26-27,29-33H,9-13,15-25H2,1-8H3/p+1/t27-,29+,30+,31-,32+,33+,35+,36-/m1/s1. The monoisotopic (exact) mass is 638 g/mol. The van der Waals surface area contributed by atoms with Crippen LogP contribution >= 0.6 is 7.82 Å². The van der Waals surface area contributed by atoms with Crippen LogP contribution in [-0.2, 0) is 23.1 Å². The number of allylic oxidation sites excluding steroid dienone is 1. The summed E-state index contributed by atoms with van der Waals surface area (Å²) in [6.07, 6.45) is 16.7. The molecule has 0 saturated heterocycles. The highest BCUT2D eigenvalue weighted by molar-refractivity contribution is 7.47. The van der Waals surface area contributed by atoms with Crippen LogP contribution in [0.3, 0.4) is 0 Å². The quantitative estimate of drug-likeness (QED) is 0.0636. The van der Waals surface area contributed by atoms with Crippen molar-refractivity contribution in [3.63, 3.8) is 0 Å². The number of rotatable bonds is 15. The number of quaternary nitrogens is 1. The van der Waals surface area contributed by atoms with Crippen LogP contribution < -0.4 is 0 Å². The number of phosphoric ester groups is 1. The first-order chi connectivity index (χ1) is 20.5. The van der Waals surface area contributed by atoms with Gasteiger partial charge in [-0.1, -0.05) is 65.5 Å². The predicted molar refractivity (Wildman–Crippen MR) is 177 cm³/mol. The minimum Gasteiger partial charge on any atom is -0.462 e. The molecule has 3 fully saturated rings. The summed E-state index contributed by atoms with van der Waals surface area (Å²) >= 11 is 0. The van der Waals surface area contributed by atoms with Crippen molar-refractivity contribution < 1.29 is 32.5 Å². The first-order valence-electron chi connectivity index (χ1n) is 17.9. The van der Waals surface area contributed by atoms with Crippen LogP contribution in [0.2, 0.25) is 0 Å². The molecule has 0 spiro atoms. The summed E-state index contributed by atoms with van der Waals surface area (Å²) in [6.45, 7) is 13.1. The molecule has 0 radical (unpaired) electrons. The van der Waals surface area contributed by atoms with E-state index in [4.69, 9.17) is 13.8 Å². The molecule has 0 aliphatic heterocycles. The topological polar surface area (TPSA) is 82.1 Å². The Balaban J connectivity index is 1.24. The fourth-order valence-corrected chi connectivity index (χ4v) is 10.6. The Kier molecular flexibility index (Phi) is 12.0. The lowest BCUT2D eigenvalue weighted by Crippen LogP contribution is -2.51. The first-order valence-corrected chi connectivity index (χ1v) is 19.3. The van der Waals surface area contributed by atoms with Crippen molar-refractivity contribution in [1.29, 1.82) is 0 Å². The number of hydrogen-bond donors (Lipinski definition) is 1. The number of nitrogens with zero attached hydrogens (tertiary/aromatic N) is 1. The Morgan fingerprint density at radius 2 is 1.73 bits per heavy atom. The second-order valence-corrected chi connectivity index (χ2v) is 18.4. The van der Waals surface area contributed by atoms with Gasteiger partial charge >= 0.3 is 13.8 Å². The first kappa shape index (κ1) is 36.1. The van der Waals surface area contributed by atoms with E-state index in [-0.39, 0.29) is 37.1 Å². The van der Waals surface area contributed by atoms with Crippen molar-refractivity contribution in [2.45, 2.75) is 124 Å². The number of ether oxygens (including phenoxy) is 1. The fraction of sp³-hybridized carbons (Fsp3) is 0.917. The molecule has 0 aromatic carbocycles. The number of carbonyl (C=O) groups excluding carboxylic acids is 1. The molecule has 0 amide bonds. The Morgan fingerprint density at radius 1 is 1.00 bits per heavy atom. The highest BCUT2D eigenvalue weighted by Gasteiger charge is 2.59. The summed E-state index contributed by atoms with van der Waals surface area (Å²) in [7, 11) is 1.85. The van der Waals surface area contributed by atoms with E-state index in [1.807, 2.05) is 21.1 Å². The van der Waals surface area contributed by atoms with E-state index in [1.54, 1.807) is 0 Å². The Labute approximate surface area is 269 Å². The maximum atomic E-state index is 12.7. The van der Waals surface area contributed by atoms with Gasteiger partial charge in [-0.25, -0.2) is 4.57 Å². The van der Waals surface area contributed by atoms with Gasteiger partial charge in [-0.2, -0.15) is 0 Å². The number of phosphoric acid groups is 1. The lowest BCUT2D eigenvalue weighted by Gasteiger charge is -2.58. The van der Waals surface area contributed by atoms with Gasteiger partial charge in [0.05, 0.1) is 27.7 Å². The van der Waals surface area contributed by atoms with Crippen molar-refractivity contribution in [3.8, 4) is 0 Å². The zero-order chi connectivity index (χ0) is 32.3. The average molecular weight is 639 g/mol. The smallest absolute Gasteiger partial charge is 0.462 e. The van der Waals surface area contributed by atoms with E-state index < -0.39 is 7.82 Å². The minimum atomic E-state index is -4.11. The van der Waals surface area contributed by atoms with E-state index in [2.05, 4.69) is 40.7 Å². The second-order valence-electron chi connectivity index (χ2n) is 16.9. The molecule has 0 bridgehead atoms. The SMILES string of the molecule is CC(C)CCC[C@@H](C)[C@H]1CC[C@H]2[C@@H]3CC=C4C[C@@H](OC(=O)CCCOP(=O)(O)OCC[N+](C)(C)C)CC[C@]4(C)[C@H]3CC[C@]12C. The fourth-order valence-electron chi connectivity index (χ4n) is 9.86. The zero-order valence-corrected chi connectivity index (χ0v) is 30.2. The summed E-state index contributed by atoms with van der Waals surface area (Å²) in [6, 6.07) is 0. The van der Waals surface area contributed by atoms with E-state index in [0.29, 0.717) is 22.9 Å². The van der Waals surface area contributed by atoms with Crippen LogP contribution in [0, 0.1) is 46.3 Å². The van der Waals surface area contributed by atoms with E-state index in [1.165, 1.54) is 56.9 Å². The average Bonchev–Trinajstić information content (AvgIpc) is 3.27. The second kappa shape index (κ2) is 14.6. The predicted octanol–water partition coefficient (Wildman–Crippen LogP) is 8.56. The van der Waals surface area contributed by atoms with Crippen LogP contribution in [-0.4, -0.2) is 62.4 Å². The molecule has 0 aromatic heterocycles. The van der Waals surface area contributed by atoms with Gasteiger partial charge in [0.1, 0.15) is 19.3 Å². The lowest BCUT2D eigenvalue weighted by molar-refractivity contribution is -0.870. The molecule has 3 saturated carbocycles. The maximum absolute atomic E-state index is 12.7. The molecule has 8 heteroatoms. The number of hydrogen-bond acceptors (Lipinski definition) is 5. The summed E-state index contributed by atoms with van der Waals surface area (Å²) in [4.78, 5) is 22.6. The van der Waals surface area contributed by atoms with E-state index >= 15 is 0 Å². The number of fused-ring (bicyclic) bond motifs is 5. The van der Waals surface area contributed by atoms with Crippen LogP contribution in [0.5, 0.6) is 0 Å². The van der Waals surface area contributed by atoms with Crippen molar-refractivity contribution >= 4 is 13.8 Å². The molecule has 4 rings (SSSR count). The normalized spacial score (nSPS) is 35.7. The summed E-state index contributed by atoms with van der Waals surface area (Å²) in [5.41, 5.74) is 2.26. The molecule has 1 unspecified atom stereocenters. The van der Waals surface area contributed by atoms with Gasteiger partial charge in [0.2, 0.25) is 0 Å². The molecule has 7 nitrogen and oxygen atoms in total. The van der Waals surface area contributed by atoms with E-state index in [9.17, 15) is 14.3 Å². The van der Waals surface area contributed by atoms with Crippen molar-refractivity contribution in [2.75, 3.05) is 40.9 Å². The number of esters is 1. The van der Waals surface area contributed by atoms with Gasteiger partial charge in [0.15, 0.2) is 0 Å². The van der Waals surface area contributed by atoms with Crippen LogP contribution in [0.1, 0.15) is 118 Å². The zero-order valence-electron chi connectivity index (χ0n) is 29.3. The van der Waals surface area contributed by atoms with Gasteiger partial charge < -0.3 is 14.1 Å². The summed E-state index contributed by atoms with van der Waals surface area (Å²) < 4.78 is 28.8. The Bertz CT molecular complexity index is 1050. The molecule has 4 aliphatic rings. The molecule has 4 aliphatic carbocycles. The number of likely N-dealkylation sites (N-methyl/N-ethyl adjacent to an activating group) is 1. The third-order valence-electron chi connectivity index (χ3n) is 12.4. The van der Waals surface area contributed by atoms with Crippen molar-refractivity contribution in [1.82, 2.24) is 0 Å². The summed E-state index contributed by atoms with van der Waals surface area (Å²) in [5.74, 6) is 4.68. The van der Waals surface area contributed by atoms with Gasteiger partial charge in [0.25, 0.3) is 0 Å². The highest BCUT2D eigenvalue weighted by atomic mass is 31.2. The molecule has 0 aromatic rings. The van der Waals surface area contributed by atoms with Gasteiger partial charge in [0, 0.05) is 12.8 Å². The highest BCUT2D eigenvalue weighted by Crippen LogP contribution is 2.67.